The lowest BCUT2D eigenvalue weighted by atomic mass is 9.75. The summed E-state index contributed by atoms with van der Waals surface area (Å²) in [5.74, 6) is 2.35. The van der Waals surface area contributed by atoms with Gasteiger partial charge in [0.05, 0.1) is 12.7 Å². The molecule has 102 valence electrons. The molecule has 1 N–H and O–H groups in total. The Kier molecular flexibility index (Phi) is 6.50. The first-order valence-corrected chi connectivity index (χ1v) is 7.39. The Hall–Kier alpha value is -0.0800. The van der Waals surface area contributed by atoms with Gasteiger partial charge in [-0.15, -0.1) is 0 Å². The fourth-order valence-corrected chi connectivity index (χ4v) is 2.98. The van der Waals surface area contributed by atoms with Gasteiger partial charge < -0.3 is 10.1 Å². The Morgan fingerprint density at radius 2 is 1.94 bits per heavy atom. The lowest BCUT2D eigenvalue weighted by Crippen LogP contribution is -2.38. The average Bonchev–Trinajstić information content (AvgIpc) is 2.26. The first-order valence-electron chi connectivity index (χ1n) is 7.39. The van der Waals surface area contributed by atoms with Gasteiger partial charge in [0, 0.05) is 6.04 Å². The van der Waals surface area contributed by atoms with Crippen molar-refractivity contribution in [3.05, 3.63) is 0 Å². The maximum atomic E-state index is 6.18. The summed E-state index contributed by atoms with van der Waals surface area (Å²) < 4.78 is 6.18. The summed E-state index contributed by atoms with van der Waals surface area (Å²) in [6, 6.07) is 0.477. The largest absolute Gasteiger partial charge is 0.376 e. The molecule has 4 atom stereocenters. The number of nitrogens with one attached hydrogen (secondary N) is 1. The molecule has 2 nitrogen and oxygen atoms in total. The first-order chi connectivity index (χ1) is 8.04. The van der Waals surface area contributed by atoms with Crippen LogP contribution in [0, 0.1) is 17.8 Å². The predicted octanol–water partition coefficient (Wildman–Crippen LogP) is 3.46. The molecule has 0 radical (unpaired) electrons. The van der Waals surface area contributed by atoms with Crippen molar-refractivity contribution in [2.45, 2.75) is 66.0 Å². The van der Waals surface area contributed by atoms with Crippen molar-refractivity contribution in [2.75, 3.05) is 13.2 Å². The summed E-state index contributed by atoms with van der Waals surface area (Å²) in [5.41, 5.74) is 0. The molecular formula is C15H31NO. The number of hydrogen-bond donors (Lipinski definition) is 1. The van der Waals surface area contributed by atoms with Crippen LogP contribution in [0.3, 0.4) is 0 Å². The van der Waals surface area contributed by atoms with E-state index < -0.39 is 0 Å². The lowest BCUT2D eigenvalue weighted by molar-refractivity contribution is -0.0442. The quantitative estimate of drug-likeness (QED) is 0.769. The van der Waals surface area contributed by atoms with Crippen LogP contribution in [-0.4, -0.2) is 25.3 Å². The standard InChI is InChI=1S/C15H31NO/c1-6-16-13(5)10-17-15-9-12(4)7-8-14(15)11(2)3/h11-16H,6-10H2,1-5H3. The van der Waals surface area contributed by atoms with Crippen molar-refractivity contribution < 1.29 is 4.74 Å². The molecule has 0 spiro atoms. The van der Waals surface area contributed by atoms with Crippen LogP contribution in [0.15, 0.2) is 0 Å². The van der Waals surface area contributed by atoms with Crippen LogP contribution in [0.25, 0.3) is 0 Å². The molecule has 0 aromatic rings. The zero-order valence-electron chi connectivity index (χ0n) is 12.3. The molecule has 1 aliphatic rings. The van der Waals surface area contributed by atoms with Gasteiger partial charge in [0.15, 0.2) is 0 Å². The minimum absolute atomic E-state index is 0.477. The molecule has 1 rings (SSSR count). The van der Waals surface area contributed by atoms with Gasteiger partial charge in [-0.05, 0) is 44.1 Å². The number of ether oxygens (including phenoxy) is 1. The fraction of sp³-hybridized carbons (Fsp3) is 1.00. The van der Waals surface area contributed by atoms with E-state index >= 15 is 0 Å². The molecule has 0 aromatic carbocycles. The molecule has 1 aliphatic carbocycles. The van der Waals surface area contributed by atoms with Gasteiger partial charge in [-0.3, -0.25) is 0 Å². The van der Waals surface area contributed by atoms with Gasteiger partial charge >= 0.3 is 0 Å². The summed E-state index contributed by atoms with van der Waals surface area (Å²) in [6.07, 6.45) is 4.46. The van der Waals surface area contributed by atoms with E-state index in [0.717, 1.165) is 30.9 Å². The lowest BCUT2D eigenvalue weighted by Gasteiger charge is -2.37. The van der Waals surface area contributed by atoms with E-state index in [2.05, 4.69) is 39.9 Å². The highest BCUT2D eigenvalue weighted by Gasteiger charge is 2.31. The molecule has 0 amide bonds. The van der Waals surface area contributed by atoms with E-state index in [1.54, 1.807) is 0 Å². The Morgan fingerprint density at radius 3 is 2.53 bits per heavy atom. The average molecular weight is 241 g/mol. The second-order valence-corrected chi connectivity index (χ2v) is 6.16. The van der Waals surface area contributed by atoms with E-state index in [1.807, 2.05) is 0 Å². The van der Waals surface area contributed by atoms with Crippen molar-refractivity contribution in [1.29, 1.82) is 0 Å². The van der Waals surface area contributed by atoms with Gasteiger partial charge in [-0.1, -0.05) is 34.1 Å². The fourth-order valence-electron chi connectivity index (χ4n) is 2.98. The Balaban J connectivity index is 2.41. The topological polar surface area (TPSA) is 21.3 Å². The predicted molar refractivity (Wildman–Crippen MR) is 74.2 cm³/mol. The SMILES string of the molecule is CCNC(C)COC1CC(C)CCC1C(C)C. The van der Waals surface area contributed by atoms with Crippen molar-refractivity contribution in [2.24, 2.45) is 17.8 Å². The Morgan fingerprint density at radius 1 is 1.24 bits per heavy atom. The van der Waals surface area contributed by atoms with Crippen LogP contribution < -0.4 is 5.32 Å². The van der Waals surface area contributed by atoms with Crippen LogP contribution in [0.4, 0.5) is 0 Å². The number of rotatable bonds is 6. The van der Waals surface area contributed by atoms with Crippen LogP contribution in [0.2, 0.25) is 0 Å². The second kappa shape index (κ2) is 7.38. The smallest absolute Gasteiger partial charge is 0.0620 e. The maximum Gasteiger partial charge on any atom is 0.0620 e. The summed E-state index contributed by atoms with van der Waals surface area (Å²) in [4.78, 5) is 0. The highest BCUT2D eigenvalue weighted by atomic mass is 16.5. The molecule has 0 aromatic heterocycles. The highest BCUT2D eigenvalue weighted by Crippen LogP contribution is 2.35. The van der Waals surface area contributed by atoms with Crippen LogP contribution in [-0.2, 0) is 4.74 Å². The van der Waals surface area contributed by atoms with Gasteiger partial charge in [0.25, 0.3) is 0 Å². The Labute approximate surface area is 108 Å². The van der Waals surface area contributed by atoms with E-state index in [9.17, 15) is 0 Å². The van der Waals surface area contributed by atoms with Crippen LogP contribution >= 0.6 is 0 Å². The normalized spacial score (nSPS) is 31.8. The van der Waals surface area contributed by atoms with Crippen LogP contribution in [0.5, 0.6) is 0 Å². The molecule has 1 saturated carbocycles. The number of hydrogen-bond acceptors (Lipinski definition) is 2. The van der Waals surface area contributed by atoms with E-state index in [1.165, 1.54) is 19.3 Å². The van der Waals surface area contributed by atoms with Crippen molar-refractivity contribution in [3.8, 4) is 0 Å². The summed E-state index contributed by atoms with van der Waals surface area (Å²) in [7, 11) is 0. The zero-order valence-corrected chi connectivity index (χ0v) is 12.3. The molecule has 4 unspecified atom stereocenters. The second-order valence-electron chi connectivity index (χ2n) is 6.16. The highest BCUT2D eigenvalue weighted by molar-refractivity contribution is 4.81. The van der Waals surface area contributed by atoms with Gasteiger partial charge in [-0.2, -0.15) is 0 Å². The maximum absolute atomic E-state index is 6.18. The van der Waals surface area contributed by atoms with Crippen molar-refractivity contribution in [3.63, 3.8) is 0 Å². The summed E-state index contributed by atoms with van der Waals surface area (Å²) in [5, 5.41) is 3.42. The first kappa shape index (κ1) is 15.0. The molecule has 0 aliphatic heterocycles. The molecule has 2 heteroatoms. The zero-order chi connectivity index (χ0) is 12.8. The molecular weight excluding hydrogens is 210 g/mol. The molecule has 0 saturated heterocycles. The minimum Gasteiger partial charge on any atom is -0.376 e. The molecule has 0 bridgehead atoms. The monoisotopic (exact) mass is 241 g/mol. The van der Waals surface area contributed by atoms with E-state index in [0.29, 0.717) is 12.1 Å². The van der Waals surface area contributed by atoms with E-state index in [4.69, 9.17) is 4.74 Å². The van der Waals surface area contributed by atoms with Gasteiger partial charge in [-0.25, -0.2) is 0 Å². The van der Waals surface area contributed by atoms with Gasteiger partial charge in [0.2, 0.25) is 0 Å². The number of likely N-dealkylation sites (N-methyl/N-ethyl adjacent to an activating group) is 1. The molecule has 17 heavy (non-hydrogen) atoms. The van der Waals surface area contributed by atoms with Crippen molar-refractivity contribution >= 4 is 0 Å². The third kappa shape index (κ3) is 4.97. The summed E-state index contributed by atoms with van der Waals surface area (Å²) in [6.45, 7) is 13.3. The molecule has 1 fully saturated rings. The summed E-state index contributed by atoms with van der Waals surface area (Å²) >= 11 is 0. The van der Waals surface area contributed by atoms with Gasteiger partial charge in [0.1, 0.15) is 0 Å². The Bertz CT molecular complexity index is 205. The van der Waals surface area contributed by atoms with E-state index in [-0.39, 0.29) is 0 Å². The van der Waals surface area contributed by atoms with Crippen molar-refractivity contribution in [1.82, 2.24) is 5.32 Å². The third-order valence-electron chi connectivity index (χ3n) is 4.07. The third-order valence-corrected chi connectivity index (χ3v) is 4.07. The minimum atomic E-state index is 0.477. The van der Waals surface area contributed by atoms with Crippen LogP contribution in [0.1, 0.15) is 53.9 Å². The molecule has 0 heterocycles.